The van der Waals surface area contributed by atoms with Crippen LogP contribution in [0.2, 0.25) is 0 Å². The molecule has 0 fully saturated rings. The number of rotatable bonds is 2. The Morgan fingerprint density at radius 3 is 2.81 bits per heavy atom. The smallest absolute Gasteiger partial charge is 0.228 e. The first kappa shape index (κ1) is 9.36. The lowest BCUT2D eigenvalue weighted by atomic mass is 10.0. The average Bonchev–Trinajstić information content (AvgIpc) is 2.98. The number of hydrogen-bond donors (Lipinski definition) is 0. The van der Waals surface area contributed by atoms with E-state index in [9.17, 15) is 4.79 Å². The fraction of sp³-hybridized carbons (Fsp3) is 0.154. The molecule has 3 nitrogen and oxygen atoms in total. The zero-order valence-corrected chi connectivity index (χ0v) is 8.60. The van der Waals surface area contributed by atoms with Crippen molar-refractivity contribution in [3.05, 3.63) is 59.0 Å². The van der Waals surface area contributed by atoms with Crippen molar-refractivity contribution in [1.82, 2.24) is 0 Å². The van der Waals surface area contributed by atoms with E-state index in [1.807, 2.05) is 18.2 Å². The van der Waals surface area contributed by atoms with Crippen LogP contribution in [0.5, 0.6) is 0 Å². The monoisotopic (exact) mass is 214 g/mol. The first-order valence-corrected chi connectivity index (χ1v) is 5.12. The lowest BCUT2D eigenvalue weighted by Crippen LogP contribution is -2.00. The summed E-state index contributed by atoms with van der Waals surface area (Å²) in [5, 5.41) is 0. The van der Waals surface area contributed by atoms with Crippen molar-refractivity contribution in [3.8, 4) is 0 Å². The number of carbonyl (C=O) groups excluding carboxylic acids is 1. The van der Waals surface area contributed by atoms with Gasteiger partial charge in [-0.05, 0) is 29.3 Å². The van der Waals surface area contributed by atoms with Crippen molar-refractivity contribution in [2.24, 2.45) is 0 Å². The van der Waals surface area contributed by atoms with Crippen molar-refractivity contribution in [2.75, 3.05) is 0 Å². The molecule has 1 aromatic heterocycles. The Hall–Kier alpha value is -1.87. The van der Waals surface area contributed by atoms with Gasteiger partial charge in [0, 0.05) is 5.56 Å². The summed E-state index contributed by atoms with van der Waals surface area (Å²) in [6.45, 7) is 1.24. The summed E-state index contributed by atoms with van der Waals surface area (Å²) in [5.74, 6) is 0.290. The summed E-state index contributed by atoms with van der Waals surface area (Å²) < 4.78 is 10.4. The van der Waals surface area contributed by atoms with Crippen LogP contribution in [0.1, 0.15) is 27.2 Å². The van der Waals surface area contributed by atoms with Gasteiger partial charge in [-0.25, -0.2) is 0 Å². The van der Waals surface area contributed by atoms with Crippen molar-refractivity contribution < 1.29 is 13.9 Å². The summed E-state index contributed by atoms with van der Waals surface area (Å²) in [7, 11) is 0. The number of fused-ring (bicyclic) bond motifs is 1. The molecule has 0 bridgehead atoms. The predicted molar refractivity (Wildman–Crippen MR) is 57.1 cm³/mol. The Labute approximate surface area is 92.6 Å². The maximum atomic E-state index is 12.0. The van der Waals surface area contributed by atoms with Gasteiger partial charge in [0.25, 0.3) is 0 Å². The highest BCUT2D eigenvalue weighted by molar-refractivity contribution is 6.07. The number of carbonyl (C=O) groups is 1. The van der Waals surface area contributed by atoms with E-state index in [1.165, 1.54) is 6.26 Å². The van der Waals surface area contributed by atoms with Crippen LogP contribution in [0, 0.1) is 0 Å². The van der Waals surface area contributed by atoms with E-state index in [4.69, 9.17) is 9.15 Å². The summed E-state index contributed by atoms with van der Waals surface area (Å²) in [6, 6.07) is 9.03. The lowest BCUT2D eigenvalue weighted by molar-refractivity contribution is 0.101. The minimum Gasteiger partial charge on any atom is -0.461 e. The number of benzene rings is 1. The Balaban J connectivity index is 1.99. The summed E-state index contributed by atoms with van der Waals surface area (Å²) in [6.07, 6.45) is 1.50. The number of ether oxygens (including phenoxy) is 1. The molecule has 0 unspecified atom stereocenters. The van der Waals surface area contributed by atoms with E-state index in [-0.39, 0.29) is 5.78 Å². The molecule has 3 heteroatoms. The molecule has 2 aromatic rings. The van der Waals surface area contributed by atoms with E-state index in [2.05, 4.69) is 0 Å². The Kier molecular flexibility index (Phi) is 2.11. The third kappa shape index (κ3) is 1.46. The first-order valence-electron chi connectivity index (χ1n) is 5.12. The van der Waals surface area contributed by atoms with Crippen LogP contribution in [0.15, 0.2) is 41.0 Å². The van der Waals surface area contributed by atoms with Gasteiger partial charge in [-0.1, -0.05) is 12.1 Å². The van der Waals surface area contributed by atoms with Crippen molar-refractivity contribution in [3.63, 3.8) is 0 Å². The fourth-order valence-electron chi connectivity index (χ4n) is 1.86. The van der Waals surface area contributed by atoms with Gasteiger partial charge in [0.1, 0.15) is 0 Å². The van der Waals surface area contributed by atoms with Gasteiger partial charge >= 0.3 is 0 Å². The molecule has 1 aliphatic rings. The first-order chi connectivity index (χ1) is 7.84. The second-order valence-electron chi connectivity index (χ2n) is 3.78. The fourth-order valence-corrected chi connectivity index (χ4v) is 1.86. The Bertz CT molecular complexity index is 526. The molecular formula is C13H10O3. The van der Waals surface area contributed by atoms with Crippen LogP contribution in [0.3, 0.4) is 0 Å². The predicted octanol–water partition coefficient (Wildman–Crippen LogP) is 2.54. The summed E-state index contributed by atoms with van der Waals surface area (Å²) >= 11 is 0. The van der Waals surface area contributed by atoms with Crippen molar-refractivity contribution in [2.45, 2.75) is 13.2 Å². The zero-order valence-electron chi connectivity index (χ0n) is 8.60. The van der Waals surface area contributed by atoms with E-state index >= 15 is 0 Å². The SMILES string of the molecule is O=C(c1ccc2c(c1)COC2)c1ccco1. The molecule has 3 rings (SSSR count). The van der Waals surface area contributed by atoms with E-state index in [0.29, 0.717) is 24.5 Å². The molecular weight excluding hydrogens is 204 g/mol. The van der Waals surface area contributed by atoms with Gasteiger partial charge in [-0.2, -0.15) is 0 Å². The quantitative estimate of drug-likeness (QED) is 0.721. The van der Waals surface area contributed by atoms with Crippen LogP contribution in [-0.2, 0) is 18.0 Å². The molecule has 0 saturated carbocycles. The van der Waals surface area contributed by atoms with Crippen LogP contribution in [-0.4, -0.2) is 5.78 Å². The van der Waals surface area contributed by atoms with Gasteiger partial charge in [-0.15, -0.1) is 0 Å². The van der Waals surface area contributed by atoms with Crippen LogP contribution in [0.25, 0.3) is 0 Å². The molecule has 0 atom stereocenters. The largest absolute Gasteiger partial charge is 0.461 e. The molecule has 1 aromatic carbocycles. The van der Waals surface area contributed by atoms with Gasteiger partial charge in [-0.3, -0.25) is 4.79 Å². The molecule has 0 N–H and O–H groups in total. The Morgan fingerprint density at radius 1 is 1.12 bits per heavy atom. The van der Waals surface area contributed by atoms with Gasteiger partial charge < -0.3 is 9.15 Å². The van der Waals surface area contributed by atoms with Crippen LogP contribution < -0.4 is 0 Å². The summed E-state index contributed by atoms with van der Waals surface area (Å²) in [4.78, 5) is 12.0. The standard InChI is InChI=1S/C13H10O3/c14-13(12-2-1-5-16-12)9-3-4-10-7-15-8-11(10)6-9/h1-6H,7-8H2. The number of furan rings is 1. The molecule has 0 aliphatic carbocycles. The van der Waals surface area contributed by atoms with Gasteiger partial charge in [0.05, 0.1) is 19.5 Å². The summed E-state index contributed by atoms with van der Waals surface area (Å²) in [5.41, 5.74) is 2.91. The highest BCUT2D eigenvalue weighted by atomic mass is 16.5. The molecule has 0 amide bonds. The molecule has 16 heavy (non-hydrogen) atoms. The van der Waals surface area contributed by atoms with Crippen LogP contribution >= 0.6 is 0 Å². The zero-order chi connectivity index (χ0) is 11.0. The van der Waals surface area contributed by atoms with E-state index in [1.54, 1.807) is 12.1 Å². The topological polar surface area (TPSA) is 39.4 Å². The second kappa shape index (κ2) is 3.61. The molecule has 80 valence electrons. The maximum Gasteiger partial charge on any atom is 0.228 e. The molecule has 0 spiro atoms. The van der Waals surface area contributed by atoms with Gasteiger partial charge in [0.15, 0.2) is 5.76 Å². The van der Waals surface area contributed by atoms with Gasteiger partial charge in [0.2, 0.25) is 5.78 Å². The van der Waals surface area contributed by atoms with Crippen molar-refractivity contribution in [1.29, 1.82) is 0 Å². The van der Waals surface area contributed by atoms with Crippen LogP contribution in [0.4, 0.5) is 0 Å². The molecule has 0 radical (unpaired) electrons. The third-order valence-corrected chi connectivity index (χ3v) is 2.73. The molecule has 2 heterocycles. The van der Waals surface area contributed by atoms with Crippen molar-refractivity contribution >= 4 is 5.78 Å². The minimum absolute atomic E-state index is 0.0836. The maximum absolute atomic E-state index is 12.0. The van der Waals surface area contributed by atoms with E-state index < -0.39 is 0 Å². The second-order valence-corrected chi connectivity index (χ2v) is 3.78. The number of ketones is 1. The molecule has 1 aliphatic heterocycles. The normalized spacial score (nSPS) is 13.8. The number of hydrogen-bond acceptors (Lipinski definition) is 3. The average molecular weight is 214 g/mol. The lowest BCUT2D eigenvalue weighted by Gasteiger charge is -2.00. The Morgan fingerprint density at radius 2 is 2.00 bits per heavy atom. The van der Waals surface area contributed by atoms with E-state index in [0.717, 1.165) is 11.1 Å². The highest BCUT2D eigenvalue weighted by Crippen LogP contribution is 2.22. The molecule has 0 saturated heterocycles. The third-order valence-electron chi connectivity index (χ3n) is 2.73. The highest BCUT2D eigenvalue weighted by Gasteiger charge is 2.16. The minimum atomic E-state index is -0.0836.